The smallest absolute Gasteiger partial charge is 0.219 e. The number of hydrogen-bond acceptors (Lipinski definition) is 8. The van der Waals surface area contributed by atoms with E-state index in [2.05, 4.69) is 34.4 Å². The van der Waals surface area contributed by atoms with Crippen molar-refractivity contribution in [1.29, 1.82) is 0 Å². The first-order valence-electron chi connectivity index (χ1n) is 11.6. The third-order valence-corrected chi connectivity index (χ3v) is 6.02. The molecule has 0 spiro atoms. The van der Waals surface area contributed by atoms with Crippen LogP contribution in [0.1, 0.15) is 39.2 Å². The van der Waals surface area contributed by atoms with E-state index in [4.69, 9.17) is 17.2 Å². The van der Waals surface area contributed by atoms with Gasteiger partial charge in [-0.05, 0) is 60.4 Å². The normalized spacial score (nSPS) is 16.3. The zero-order chi connectivity index (χ0) is 24.7. The summed E-state index contributed by atoms with van der Waals surface area (Å²) >= 11 is 0. The number of hydrogen-bond donors (Lipinski definition) is 5. The molecule has 0 aliphatic carbocycles. The Balaban J connectivity index is 1.74. The molecule has 3 heterocycles. The van der Waals surface area contributed by atoms with Gasteiger partial charge in [0.25, 0.3) is 0 Å². The number of carbonyl (C=O) groups excluding carboxylic acids is 1. The van der Waals surface area contributed by atoms with Crippen molar-refractivity contribution in [2.45, 2.75) is 39.7 Å². The Bertz CT molecular complexity index is 1100. The van der Waals surface area contributed by atoms with Crippen LogP contribution in [0.25, 0.3) is 16.6 Å². The molecule has 9 heteroatoms. The van der Waals surface area contributed by atoms with E-state index >= 15 is 0 Å². The minimum atomic E-state index is 0.133. The van der Waals surface area contributed by atoms with E-state index in [1.807, 2.05) is 41.6 Å². The summed E-state index contributed by atoms with van der Waals surface area (Å²) in [4.78, 5) is 22.6. The molecule has 2 aromatic heterocycles. The second-order valence-electron chi connectivity index (χ2n) is 8.83. The molecule has 1 amide bonds. The van der Waals surface area contributed by atoms with Crippen LogP contribution in [0, 0.1) is 5.92 Å². The summed E-state index contributed by atoms with van der Waals surface area (Å²) < 4.78 is 0. The topological polar surface area (TPSA) is 148 Å². The Labute approximate surface area is 201 Å². The molecule has 0 atom stereocenters. The molecule has 0 bridgehead atoms. The average Bonchev–Trinajstić information content (AvgIpc) is 2.82. The first kappa shape index (κ1) is 25.0. The molecular weight excluding hydrogens is 428 g/mol. The summed E-state index contributed by atoms with van der Waals surface area (Å²) in [6.45, 7) is 7.63. The lowest BCUT2D eigenvalue weighted by Gasteiger charge is -2.31. The van der Waals surface area contributed by atoms with E-state index in [0.717, 1.165) is 53.7 Å². The quantitative estimate of drug-likeness (QED) is 0.374. The van der Waals surface area contributed by atoms with Gasteiger partial charge in [-0.3, -0.25) is 9.78 Å². The third kappa shape index (κ3) is 6.48. The lowest BCUT2D eigenvalue weighted by Crippen LogP contribution is -2.42. The Hall–Kier alpha value is -3.59. The van der Waals surface area contributed by atoms with Gasteiger partial charge in [-0.2, -0.15) is 0 Å². The molecular formula is C25H36N8O. The summed E-state index contributed by atoms with van der Waals surface area (Å²) in [7, 11) is 0. The lowest BCUT2D eigenvalue weighted by molar-refractivity contribution is -0.129. The number of pyridine rings is 2. The standard InChI is InChI=1S/C25H36N8O/c1-16(2)18(12-26)11-24(28)32-25-5-4-22-23(31-25)10-19(14-30-22)20(13-27)15-29-21-6-8-33(9-7-21)17(3)34/h4-5,10-12,14-16,21,29H,6-9,13,26-28H2,1-3H3,(H,31,32)/b18-12+,20-15+,24-11+. The number of carbonyl (C=O) groups is 1. The molecule has 0 saturated carbocycles. The molecule has 0 radical (unpaired) electrons. The monoisotopic (exact) mass is 464 g/mol. The van der Waals surface area contributed by atoms with E-state index < -0.39 is 0 Å². The van der Waals surface area contributed by atoms with Crippen LogP contribution in [0.15, 0.2) is 54.3 Å². The Morgan fingerprint density at radius 2 is 2.00 bits per heavy atom. The lowest BCUT2D eigenvalue weighted by atomic mass is 10.0. The maximum atomic E-state index is 11.5. The second kappa shape index (κ2) is 11.5. The zero-order valence-corrected chi connectivity index (χ0v) is 20.2. The van der Waals surface area contributed by atoms with Gasteiger partial charge in [0, 0.05) is 50.6 Å². The predicted molar refractivity (Wildman–Crippen MR) is 138 cm³/mol. The van der Waals surface area contributed by atoms with Crippen LogP contribution in [0.2, 0.25) is 0 Å². The van der Waals surface area contributed by atoms with Crippen LogP contribution >= 0.6 is 0 Å². The summed E-state index contributed by atoms with van der Waals surface area (Å²) in [6.07, 6.45) is 8.97. The summed E-state index contributed by atoms with van der Waals surface area (Å²) in [6, 6.07) is 6.03. The molecule has 1 aliphatic rings. The van der Waals surface area contributed by atoms with E-state index in [1.54, 1.807) is 13.1 Å². The minimum Gasteiger partial charge on any atom is -0.404 e. The summed E-state index contributed by atoms with van der Waals surface area (Å²) in [5, 5.41) is 6.59. The van der Waals surface area contributed by atoms with Gasteiger partial charge in [-0.1, -0.05) is 13.8 Å². The first-order valence-corrected chi connectivity index (χ1v) is 11.6. The SMILES string of the molecule is CC(=O)N1CCC(N/C=C(\CN)c2cnc3ccc(N/C(N)=C/C(=C\N)C(C)C)nc3c2)CC1. The molecule has 34 heavy (non-hydrogen) atoms. The number of allylic oxidation sites excluding steroid dienone is 2. The van der Waals surface area contributed by atoms with Crippen molar-refractivity contribution in [2.24, 2.45) is 23.1 Å². The van der Waals surface area contributed by atoms with Crippen molar-refractivity contribution >= 4 is 28.3 Å². The summed E-state index contributed by atoms with van der Waals surface area (Å²) in [5.41, 5.74) is 22.2. The van der Waals surface area contributed by atoms with Gasteiger partial charge in [-0.25, -0.2) is 4.98 Å². The minimum absolute atomic E-state index is 0.133. The Kier molecular flexibility index (Phi) is 8.48. The Morgan fingerprint density at radius 1 is 1.26 bits per heavy atom. The molecule has 3 rings (SSSR count). The Morgan fingerprint density at radius 3 is 2.62 bits per heavy atom. The van der Waals surface area contributed by atoms with Crippen LogP contribution in [-0.4, -0.2) is 46.5 Å². The maximum Gasteiger partial charge on any atom is 0.219 e. The molecule has 1 fully saturated rings. The van der Waals surface area contributed by atoms with Crippen LogP contribution in [0.5, 0.6) is 0 Å². The highest BCUT2D eigenvalue weighted by Crippen LogP contribution is 2.20. The number of amides is 1. The van der Waals surface area contributed by atoms with E-state index in [9.17, 15) is 4.79 Å². The highest BCUT2D eigenvalue weighted by Gasteiger charge is 2.19. The van der Waals surface area contributed by atoms with Crippen molar-refractivity contribution in [1.82, 2.24) is 20.2 Å². The number of piperidine rings is 1. The molecule has 0 aromatic carbocycles. The number of likely N-dealkylation sites (tertiary alicyclic amines) is 1. The number of nitrogens with zero attached hydrogens (tertiary/aromatic N) is 3. The highest BCUT2D eigenvalue weighted by molar-refractivity contribution is 5.81. The van der Waals surface area contributed by atoms with Crippen molar-refractivity contribution in [3.8, 4) is 0 Å². The fourth-order valence-corrected chi connectivity index (χ4v) is 3.86. The van der Waals surface area contributed by atoms with Crippen molar-refractivity contribution in [2.75, 3.05) is 25.0 Å². The molecule has 9 nitrogen and oxygen atoms in total. The molecule has 1 saturated heterocycles. The van der Waals surface area contributed by atoms with Crippen molar-refractivity contribution in [3.63, 3.8) is 0 Å². The number of anilines is 1. The average molecular weight is 465 g/mol. The van der Waals surface area contributed by atoms with Gasteiger partial charge in [0.2, 0.25) is 5.91 Å². The first-order chi connectivity index (χ1) is 16.3. The predicted octanol–water partition coefficient (Wildman–Crippen LogP) is 2.24. The van der Waals surface area contributed by atoms with E-state index in [-0.39, 0.29) is 11.8 Å². The third-order valence-electron chi connectivity index (χ3n) is 6.02. The fraction of sp³-hybridized carbons (Fsp3) is 0.400. The number of fused-ring (bicyclic) bond motifs is 1. The van der Waals surface area contributed by atoms with Crippen LogP contribution in [0.4, 0.5) is 5.82 Å². The van der Waals surface area contributed by atoms with Gasteiger partial charge >= 0.3 is 0 Å². The van der Waals surface area contributed by atoms with Gasteiger partial charge < -0.3 is 32.7 Å². The number of nitrogens with two attached hydrogens (primary N) is 3. The molecule has 0 unspecified atom stereocenters. The molecule has 1 aliphatic heterocycles. The van der Waals surface area contributed by atoms with Gasteiger partial charge in [-0.15, -0.1) is 0 Å². The maximum absolute atomic E-state index is 11.5. The molecule has 2 aromatic rings. The van der Waals surface area contributed by atoms with Crippen LogP contribution < -0.4 is 27.8 Å². The fourth-order valence-electron chi connectivity index (χ4n) is 3.86. The second-order valence-corrected chi connectivity index (χ2v) is 8.83. The van der Waals surface area contributed by atoms with Crippen LogP contribution in [0.3, 0.4) is 0 Å². The summed E-state index contributed by atoms with van der Waals surface area (Å²) in [5.74, 6) is 1.48. The van der Waals surface area contributed by atoms with Gasteiger partial charge in [0.15, 0.2) is 0 Å². The van der Waals surface area contributed by atoms with Gasteiger partial charge in [0.1, 0.15) is 11.6 Å². The van der Waals surface area contributed by atoms with Gasteiger partial charge in [0.05, 0.1) is 11.0 Å². The van der Waals surface area contributed by atoms with E-state index in [1.165, 1.54) is 0 Å². The number of aromatic nitrogens is 2. The van der Waals surface area contributed by atoms with Crippen LogP contribution in [-0.2, 0) is 4.79 Å². The van der Waals surface area contributed by atoms with E-state index in [0.29, 0.717) is 24.2 Å². The van der Waals surface area contributed by atoms with Crippen molar-refractivity contribution < 1.29 is 4.79 Å². The number of nitrogens with one attached hydrogen (secondary N) is 2. The van der Waals surface area contributed by atoms with Crippen molar-refractivity contribution in [3.05, 3.63) is 59.8 Å². The molecule has 182 valence electrons. The molecule has 8 N–H and O–H groups in total. The highest BCUT2D eigenvalue weighted by atomic mass is 16.2. The largest absolute Gasteiger partial charge is 0.404 e. The zero-order valence-electron chi connectivity index (χ0n) is 20.2. The number of rotatable bonds is 8.